The summed E-state index contributed by atoms with van der Waals surface area (Å²) >= 11 is 20.1. The Labute approximate surface area is 203 Å². The third kappa shape index (κ3) is 8.23. The van der Waals surface area contributed by atoms with E-state index in [1.165, 1.54) is 16.7 Å². The second-order valence-electron chi connectivity index (χ2n) is 7.66. The molecule has 4 nitrogen and oxygen atoms in total. The van der Waals surface area contributed by atoms with Gasteiger partial charge in [0.1, 0.15) is 6.04 Å². The molecule has 0 aromatic heterocycles. The van der Waals surface area contributed by atoms with Crippen molar-refractivity contribution in [2.45, 2.75) is 39.1 Å². The van der Waals surface area contributed by atoms with E-state index in [2.05, 4.69) is 5.32 Å². The monoisotopic (exact) mass is 500 g/mol. The lowest BCUT2D eigenvalue weighted by molar-refractivity contribution is -0.138. The van der Waals surface area contributed by atoms with Crippen LogP contribution in [0.3, 0.4) is 0 Å². The predicted octanol–water partition coefficient (Wildman–Crippen LogP) is 6.07. The van der Waals surface area contributed by atoms with Gasteiger partial charge in [-0.05, 0) is 42.7 Å². The molecule has 0 saturated carbocycles. The highest BCUT2D eigenvalue weighted by Gasteiger charge is 2.27. The average molecular weight is 502 g/mol. The van der Waals surface area contributed by atoms with Gasteiger partial charge >= 0.3 is 0 Å². The first-order chi connectivity index (χ1) is 14.7. The van der Waals surface area contributed by atoms with Gasteiger partial charge < -0.3 is 10.2 Å². The zero-order valence-electron chi connectivity index (χ0n) is 17.8. The van der Waals surface area contributed by atoms with Gasteiger partial charge in [-0.3, -0.25) is 9.59 Å². The molecule has 2 rings (SSSR count). The molecular weight excluding hydrogens is 475 g/mol. The zero-order chi connectivity index (χ0) is 23.0. The highest BCUT2D eigenvalue weighted by molar-refractivity contribution is 7.99. The number of carbonyl (C=O) groups excluding carboxylic acids is 2. The number of halogens is 3. The Balaban J connectivity index is 2.12. The molecule has 0 fully saturated rings. The van der Waals surface area contributed by atoms with Crippen LogP contribution >= 0.6 is 46.6 Å². The smallest absolute Gasteiger partial charge is 0.242 e. The third-order valence-electron chi connectivity index (χ3n) is 4.65. The summed E-state index contributed by atoms with van der Waals surface area (Å²) in [5.41, 5.74) is 1.70. The topological polar surface area (TPSA) is 49.4 Å². The Kier molecular flexibility index (Phi) is 10.5. The van der Waals surface area contributed by atoms with Gasteiger partial charge in [0.15, 0.2) is 0 Å². The highest BCUT2D eigenvalue weighted by Crippen LogP contribution is 2.27. The summed E-state index contributed by atoms with van der Waals surface area (Å²) in [5, 5.41) is 4.51. The normalized spacial score (nSPS) is 12.0. The van der Waals surface area contributed by atoms with Crippen LogP contribution < -0.4 is 5.32 Å². The lowest BCUT2D eigenvalue weighted by atomic mass is 10.1. The van der Waals surface area contributed by atoms with Gasteiger partial charge in [-0.1, -0.05) is 66.8 Å². The molecule has 0 heterocycles. The Morgan fingerprint density at radius 2 is 1.61 bits per heavy atom. The van der Waals surface area contributed by atoms with Gasteiger partial charge in [0.25, 0.3) is 0 Å². The number of hydrogen-bond donors (Lipinski definition) is 1. The van der Waals surface area contributed by atoms with Crippen LogP contribution in [0.25, 0.3) is 0 Å². The van der Waals surface area contributed by atoms with Crippen LogP contribution in [0.4, 0.5) is 0 Å². The van der Waals surface area contributed by atoms with Gasteiger partial charge in [-0.15, -0.1) is 11.8 Å². The maximum atomic E-state index is 13.1. The lowest BCUT2D eigenvalue weighted by Crippen LogP contribution is -2.48. The van der Waals surface area contributed by atoms with Crippen molar-refractivity contribution in [2.75, 3.05) is 12.3 Å². The summed E-state index contributed by atoms with van der Waals surface area (Å²) in [5.74, 6) is 0.854. The Hall–Kier alpha value is -1.40. The van der Waals surface area contributed by atoms with Crippen LogP contribution in [0.5, 0.6) is 0 Å². The molecule has 31 heavy (non-hydrogen) atoms. The second kappa shape index (κ2) is 12.6. The molecule has 168 valence electrons. The van der Waals surface area contributed by atoms with E-state index in [9.17, 15) is 9.59 Å². The van der Waals surface area contributed by atoms with E-state index < -0.39 is 6.04 Å². The SMILES string of the molecule is CC(C)CNC(=O)C(C)N(Cc1c(Cl)cccc1Cl)C(=O)CSCc1ccc(Cl)cc1. The summed E-state index contributed by atoms with van der Waals surface area (Å²) in [6, 6.07) is 12.1. The standard InChI is InChI=1S/C23H27Cl3N2O2S/c1-15(2)11-27-23(30)16(3)28(12-19-20(25)5-4-6-21(19)26)22(29)14-31-13-17-7-9-18(24)10-8-17/h4-10,15-16H,11-14H2,1-3H3,(H,27,30). The molecule has 1 atom stereocenters. The fourth-order valence-electron chi connectivity index (χ4n) is 2.81. The molecule has 2 amide bonds. The zero-order valence-corrected chi connectivity index (χ0v) is 20.9. The van der Waals surface area contributed by atoms with Crippen molar-refractivity contribution in [1.29, 1.82) is 0 Å². The Bertz CT molecular complexity index is 871. The fraction of sp³-hybridized carbons (Fsp3) is 0.391. The summed E-state index contributed by atoms with van der Waals surface area (Å²) in [4.78, 5) is 27.3. The molecule has 1 N–H and O–H groups in total. The fourth-order valence-corrected chi connectivity index (χ4v) is 4.32. The second-order valence-corrected chi connectivity index (χ2v) is 9.89. The van der Waals surface area contributed by atoms with Crippen molar-refractivity contribution >= 4 is 58.4 Å². The van der Waals surface area contributed by atoms with E-state index in [0.717, 1.165) is 5.56 Å². The Morgan fingerprint density at radius 3 is 2.19 bits per heavy atom. The summed E-state index contributed by atoms with van der Waals surface area (Å²) in [6.07, 6.45) is 0. The molecule has 0 radical (unpaired) electrons. The van der Waals surface area contributed by atoms with Crippen molar-refractivity contribution in [3.8, 4) is 0 Å². The molecule has 8 heteroatoms. The molecule has 0 aliphatic rings. The van der Waals surface area contributed by atoms with Crippen LogP contribution in [0.15, 0.2) is 42.5 Å². The van der Waals surface area contributed by atoms with Crippen LogP contribution in [-0.4, -0.2) is 35.1 Å². The van der Waals surface area contributed by atoms with E-state index in [0.29, 0.717) is 38.8 Å². The third-order valence-corrected chi connectivity index (χ3v) is 6.60. The van der Waals surface area contributed by atoms with Crippen molar-refractivity contribution in [2.24, 2.45) is 5.92 Å². The van der Waals surface area contributed by atoms with E-state index in [4.69, 9.17) is 34.8 Å². The van der Waals surface area contributed by atoms with Gasteiger partial charge in [-0.25, -0.2) is 0 Å². The van der Waals surface area contributed by atoms with Gasteiger partial charge in [-0.2, -0.15) is 0 Å². The number of hydrogen-bond acceptors (Lipinski definition) is 3. The highest BCUT2D eigenvalue weighted by atomic mass is 35.5. The molecule has 2 aromatic carbocycles. The van der Waals surface area contributed by atoms with Gasteiger partial charge in [0, 0.05) is 39.5 Å². The predicted molar refractivity (Wildman–Crippen MR) is 132 cm³/mol. The first-order valence-electron chi connectivity index (χ1n) is 10.0. The van der Waals surface area contributed by atoms with Crippen LogP contribution in [0, 0.1) is 5.92 Å². The minimum atomic E-state index is -0.658. The van der Waals surface area contributed by atoms with Crippen molar-refractivity contribution < 1.29 is 9.59 Å². The molecule has 1 unspecified atom stereocenters. The first kappa shape index (κ1) is 25.9. The van der Waals surface area contributed by atoms with E-state index in [1.807, 2.05) is 38.1 Å². The Morgan fingerprint density at radius 1 is 1.00 bits per heavy atom. The van der Waals surface area contributed by atoms with Crippen molar-refractivity contribution in [1.82, 2.24) is 10.2 Å². The quantitative estimate of drug-likeness (QED) is 0.430. The van der Waals surface area contributed by atoms with Crippen LogP contribution in [0.2, 0.25) is 15.1 Å². The first-order valence-corrected chi connectivity index (χ1v) is 12.3. The van der Waals surface area contributed by atoms with Crippen LogP contribution in [-0.2, 0) is 21.9 Å². The van der Waals surface area contributed by atoms with Gasteiger partial charge in [0.05, 0.1) is 5.75 Å². The molecule has 0 spiro atoms. The average Bonchev–Trinajstić information content (AvgIpc) is 2.72. The van der Waals surface area contributed by atoms with E-state index >= 15 is 0 Å². The minimum absolute atomic E-state index is 0.151. The molecule has 0 aliphatic heterocycles. The number of carbonyl (C=O) groups is 2. The number of thioether (sulfide) groups is 1. The summed E-state index contributed by atoms with van der Waals surface area (Å²) < 4.78 is 0. The van der Waals surface area contributed by atoms with Crippen LogP contribution in [0.1, 0.15) is 31.9 Å². The lowest BCUT2D eigenvalue weighted by Gasteiger charge is -2.29. The maximum Gasteiger partial charge on any atom is 0.242 e. The molecule has 0 bridgehead atoms. The summed E-state index contributed by atoms with van der Waals surface area (Å²) in [6.45, 7) is 6.47. The molecule has 0 saturated heterocycles. The molecule has 0 aliphatic carbocycles. The maximum absolute atomic E-state index is 13.1. The van der Waals surface area contributed by atoms with Crippen molar-refractivity contribution in [3.63, 3.8) is 0 Å². The number of rotatable bonds is 10. The number of nitrogens with one attached hydrogen (secondary N) is 1. The molecule has 2 aromatic rings. The van der Waals surface area contributed by atoms with Gasteiger partial charge in [0.2, 0.25) is 11.8 Å². The van der Waals surface area contributed by atoms with Crippen molar-refractivity contribution in [3.05, 3.63) is 68.7 Å². The van der Waals surface area contributed by atoms with E-state index in [-0.39, 0.29) is 24.1 Å². The number of benzene rings is 2. The number of nitrogens with zero attached hydrogens (tertiary/aromatic N) is 1. The summed E-state index contributed by atoms with van der Waals surface area (Å²) in [7, 11) is 0. The van der Waals surface area contributed by atoms with E-state index in [1.54, 1.807) is 25.1 Å². The molecular formula is C23H27Cl3N2O2S. The number of amides is 2. The minimum Gasteiger partial charge on any atom is -0.354 e. The largest absolute Gasteiger partial charge is 0.354 e.